The highest BCUT2D eigenvalue weighted by molar-refractivity contribution is 5.78. The molecule has 1 aromatic rings. The summed E-state index contributed by atoms with van der Waals surface area (Å²) in [4.78, 5) is 15.7. The summed E-state index contributed by atoms with van der Waals surface area (Å²) in [5, 5.41) is 5.95. The third kappa shape index (κ3) is 5.14. The summed E-state index contributed by atoms with van der Waals surface area (Å²) < 4.78 is 5.13. The highest BCUT2D eigenvalue weighted by atomic mass is 16.5. The quantitative estimate of drug-likeness (QED) is 0.822. The number of nitrogens with one attached hydrogen (secondary N) is 2. The van der Waals surface area contributed by atoms with Crippen molar-refractivity contribution in [2.75, 3.05) is 13.7 Å². The van der Waals surface area contributed by atoms with Gasteiger partial charge in [-0.1, -0.05) is 6.07 Å². The first-order valence-corrected chi connectivity index (χ1v) is 5.92. The van der Waals surface area contributed by atoms with Crippen molar-refractivity contribution in [2.24, 2.45) is 0 Å². The van der Waals surface area contributed by atoms with Crippen molar-refractivity contribution >= 4 is 5.91 Å². The van der Waals surface area contributed by atoms with Gasteiger partial charge in [-0.3, -0.25) is 4.79 Å². The molecule has 0 aliphatic rings. The van der Waals surface area contributed by atoms with Crippen LogP contribution in [0.4, 0.5) is 0 Å². The Kier molecular flexibility index (Phi) is 5.09. The number of carbonyl (C=O) groups is 1. The number of hydrogen-bond donors (Lipinski definition) is 2. The van der Waals surface area contributed by atoms with Gasteiger partial charge in [0.2, 0.25) is 11.8 Å². The van der Waals surface area contributed by atoms with E-state index in [4.69, 9.17) is 4.74 Å². The second-order valence-corrected chi connectivity index (χ2v) is 5.07. The normalized spacial score (nSPS) is 11.1. The molecule has 0 atom stereocenters. The lowest BCUT2D eigenvalue weighted by molar-refractivity contribution is -0.121. The number of carbonyl (C=O) groups excluding carboxylic acids is 1. The highest BCUT2D eigenvalue weighted by Crippen LogP contribution is 2.12. The number of rotatable bonds is 5. The van der Waals surface area contributed by atoms with Gasteiger partial charge >= 0.3 is 0 Å². The second kappa shape index (κ2) is 6.35. The van der Waals surface area contributed by atoms with Crippen molar-refractivity contribution in [3.63, 3.8) is 0 Å². The average molecular weight is 251 g/mol. The number of hydrogen-bond acceptors (Lipinski definition) is 4. The summed E-state index contributed by atoms with van der Waals surface area (Å²) in [7, 11) is 1.58. The Labute approximate surface area is 108 Å². The lowest BCUT2D eigenvalue weighted by Gasteiger charge is -2.20. The molecule has 100 valence electrons. The maximum atomic E-state index is 11.6. The molecule has 0 saturated heterocycles. The van der Waals surface area contributed by atoms with Crippen LogP contribution in [0.15, 0.2) is 18.3 Å². The lowest BCUT2D eigenvalue weighted by atomic mass is 10.1. The van der Waals surface area contributed by atoms with E-state index in [9.17, 15) is 4.79 Å². The van der Waals surface area contributed by atoms with Crippen LogP contribution >= 0.6 is 0 Å². The van der Waals surface area contributed by atoms with E-state index in [1.165, 1.54) is 0 Å². The van der Waals surface area contributed by atoms with E-state index >= 15 is 0 Å². The first-order valence-electron chi connectivity index (χ1n) is 5.92. The summed E-state index contributed by atoms with van der Waals surface area (Å²) in [6.45, 7) is 6.68. The minimum absolute atomic E-state index is 0.0228. The molecule has 1 aromatic heterocycles. The van der Waals surface area contributed by atoms with Gasteiger partial charge < -0.3 is 15.4 Å². The molecule has 1 rings (SSSR count). The topological polar surface area (TPSA) is 63.2 Å². The van der Waals surface area contributed by atoms with Crippen LogP contribution < -0.4 is 15.4 Å². The van der Waals surface area contributed by atoms with Gasteiger partial charge in [-0.2, -0.15) is 0 Å². The summed E-state index contributed by atoms with van der Waals surface area (Å²) >= 11 is 0. The Morgan fingerprint density at radius 2 is 2.17 bits per heavy atom. The Morgan fingerprint density at radius 3 is 2.78 bits per heavy atom. The van der Waals surface area contributed by atoms with Crippen molar-refractivity contribution in [2.45, 2.75) is 32.9 Å². The standard InChI is InChI=1S/C13H21N3O2/c1-13(2,3)16-11(17)9-14-8-10-6-5-7-15-12(10)18-4/h5-7,14H,8-9H2,1-4H3,(H,16,17). The van der Waals surface area contributed by atoms with E-state index in [2.05, 4.69) is 15.6 Å². The number of amides is 1. The number of pyridine rings is 1. The van der Waals surface area contributed by atoms with Crippen LogP contribution in [0.2, 0.25) is 0 Å². The molecule has 1 amide bonds. The Bertz CT molecular complexity index is 399. The van der Waals surface area contributed by atoms with E-state index in [0.29, 0.717) is 12.4 Å². The first-order chi connectivity index (χ1) is 8.42. The fourth-order valence-electron chi connectivity index (χ4n) is 1.52. The van der Waals surface area contributed by atoms with Crippen LogP contribution in [0.25, 0.3) is 0 Å². The molecule has 0 aromatic carbocycles. The van der Waals surface area contributed by atoms with Gasteiger partial charge in [0.15, 0.2) is 0 Å². The van der Waals surface area contributed by atoms with E-state index in [1.54, 1.807) is 13.3 Å². The van der Waals surface area contributed by atoms with E-state index in [-0.39, 0.29) is 18.0 Å². The fraction of sp³-hybridized carbons (Fsp3) is 0.538. The SMILES string of the molecule is COc1ncccc1CNCC(=O)NC(C)(C)C. The number of nitrogens with zero attached hydrogens (tertiary/aromatic N) is 1. The number of ether oxygens (including phenoxy) is 1. The fourth-order valence-corrected chi connectivity index (χ4v) is 1.52. The minimum Gasteiger partial charge on any atom is -0.481 e. The molecule has 1 heterocycles. The summed E-state index contributed by atoms with van der Waals surface area (Å²) in [6.07, 6.45) is 1.68. The molecule has 0 saturated carbocycles. The third-order valence-corrected chi connectivity index (χ3v) is 2.16. The number of methoxy groups -OCH3 is 1. The predicted octanol–water partition coefficient (Wildman–Crippen LogP) is 1.09. The summed E-state index contributed by atoms with van der Waals surface area (Å²) in [5.74, 6) is 0.562. The molecule has 0 bridgehead atoms. The van der Waals surface area contributed by atoms with Gasteiger partial charge in [-0.15, -0.1) is 0 Å². The molecule has 0 radical (unpaired) electrons. The van der Waals surface area contributed by atoms with Crippen molar-refractivity contribution in [1.29, 1.82) is 0 Å². The van der Waals surface area contributed by atoms with Gasteiger partial charge in [0, 0.05) is 23.8 Å². The van der Waals surface area contributed by atoms with Gasteiger partial charge in [0.05, 0.1) is 13.7 Å². The minimum atomic E-state index is -0.204. The van der Waals surface area contributed by atoms with Crippen molar-refractivity contribution in [3.8, 4) is 5.88 Å². The zero-order valence-electron chi connectivity index (χ0n) is 11.4. The van der Waals surface area contributed by atoms with Crippen molar-refractivity contribution in [3.05, 3.63) is 23.9 Å². The highest BCUT2D eigenvalue weighted by Gasteiger charge is 2.13. The third-order valence-electron chi connectivity index (χ3n) is 2.16. The van der Waals surface area contributed by atoms with Crippen molar-refractivity contribution in [1.82, 2.24) is 15.6 Å². The van der Waals surface area contributed by atoms with Crippen molar-refractivity contribution < 1.29 is 9.53 Å². The first kappa shape index (κ1) is 14.4. The van der Waals surface area contributed by atoms with Gasteiger partial charge in [0.1, 0.15) is 0 Å². The van der Waals surface area contributed by atoms with Crippen LogP contribution in [0, 0.1) is 0 Å². The van der Waals surface area contributed by atoms with Gasteiger partial charge in [0.25, 0.3) is 0 Å². The van der Waals surface area contributed by atoms with Crippen LogP contribution in [0.5, 0.6) is 5.88 Å². The van der Waals surface area contributed by atoms with E-state index in [0.717, 1.165) is 5.56 Å². The zero-order valence-corrected chi connectivity index (χ0v) is 11.4. The Balaban J connectivity index is 2.40. The van der Waals surface area contributed by atoms with Crippen LogP contribution in [-0.2, 0) is 11.3 Å². The molecular weight excluding hydrogens is 230 g/mol. The monoisotopic (exact) mass is 251 g/mol. The molecule has 2 N–H and O–H groups in total. The summed E-state index contributed by atoms with van der Waals surface area (Å²) in [5.41, 5.74) is 0.730. The zero-order chi connectivity index (χ0) is 13.6. The van der Waals surface area contributed by atoms with Crippen LogP contribution in [0.1, 0.15) is 26.3 Å². The maximum absolute atomic E-state index is 11.6. The smallest absolute Gasteiger partial charge is 0.234 e. The second-order valence-electron chi connectivity index (χ2n) is 5.07. The molecule has 18 heavy (non-hydrogen) atoms. The molecule has 0 aliphatic heterocycles. The van der Waals surface area contributed by atoms with E-state index in [1.807, 2.05) is 32.9 Å². The molecule has 0 spiro atoms. The largest absolute Gasteiger partial charge is 0.481 e. The lowest BCUT2D eigenvalue weighted by Crippen LogP contribution is -2.44. The summed E-state index contributed by atoms with van der Waals surface area (Å²) in [6, 6.07) is 3.76. The molecule has 0 aliphatic carbocycles. The molecule has 5 heteroatoms. The molecule has 0 fully saturated rings. The maximum Gasteiger partial charge on any atom is 0.234 e. The molecule has 5 nitrogen and oxygen atoms in total. The van der Waals surface area contributed by atoms with Gasteiger partial charge in [-0.05, 0) is 26.8 Å². The average Bonchev–Trinajstić information content (AvgIpc) is 2.27. The van der Waals surface area contributed by atoms with Crippen LogP contribution in [0.3, 0.4) is 0 Å². The van der Waals surface area contributed by atoms with Crippen LogP contribution in [-0.4, -0.2) is 30.1 Å². The Hall–Kier alpha value is -1.62. The predicted molar refractivity (Wildman–Crippen MR) is 70.4 cm³/mol. The Morgan fingerprint density at radius 1 is 1.44 bits per heavy atom. The van der Waals surface area contributed by atoms with Gasteiger partial charge in [-0.25, -0.2) is 4.98 Å². The molecule has 0 unspecified atom stereocenters. The van der Waals surface area contributed by atoms with E-state index < -0.39 is 0 Å². The number of aromatic nitrogens is 1. The molecular formula is C13H21N3O2.